The van der Waals surface area contributed by atoms with Crippen LogP contribution < -0.4 is 5.32 Å². The lowest BCUT2D eigenvalue weighted by Gasteiger charge is -2.27. The third kappa shape index (κ3) is 4.67. The number of aryl methyl sites for hydroxylation is 1. The van der Waals surface area contributed by atoms with Gasteiger partial charge in [-0.3, -0.25) is 14.7 Å². The van der Waals surface area contributed by atoms with Gasteiger partial charge in [0.1, 0.15) is 0 Å². The monoisotopic (exact) mass is 327 g/mol. The van der Waals surface area contributed by atoms with E-state index in [-0.39, 0.29) is 11.8 Å². The SMILES string of the molecule is Cc1cccc(C2=CCN(CCNC(=O)C3CCCCC3)CC2)n1. The van der Waals surface area contributed by atoms with Crippen LogP contribution in [-0.4, -0.2) is 42.0 Å². The quantitative estimate of drug-likeness (QED) is 0.903. The molecule has 3 rings (SSSR count). The van der Waals surface area contributed by atoms with Gasteiger partial charge in [-0.15, -0.1) is 0 Å². The fourth-order valence-corrected chi connectivity index (χ4v) is 3.72. The number of carbonyl (C=O) groups is 1. The molecular weight excluding hydrogens is 298 g/mol. The Balaban J connectivity index is 1.41. The van der Waals surface area contributed by atoms with Crippen molar-refractivity contribution in [1.82, 2.24) is 15.2 Å². The second-order valence-electron chi connectivity index (χ2n) is 7.07. The summed E-state index contributed by atoms with van der Waals surface area (Å²) in [7, 11) is 0. The van der Waals surface area contributed by atoms with Gasteiger partial charge in [0.2, 0.25) is 5.91 Å². The van der Waals surface area contributed by atoms with E-state index in [9.17, 15) is 4.79 Å². The maximum absolute atomic E-state index is 12.2. The van der Waals surface area contributed by atoms with Crippen molar-refractivity contribution in [2.24, 2.45) is 5.92 Å². The van der Waals surface area contributed by atoms with E-state index in [1.54, 1.807) is 0 Å². The van der Waals surface area contributed by atoms with Crippen LogP contribution in [0, 0.1) is 12.8 Å². The zero-order valence-corrected chi connectivity index (χ0v) is 14.8. The molecule has 1 aliphatic carbocycles. The first-order valence-electron chi connectivity index (χ1n) is 9.35. The molecule has 1 fully saturated rings. The van der Waals surface area contributed by atoms with E-state index in [0.717, 1.165) is 56.8 Å². The summed E-state index contributed by atoms with van der Waals surface area (Å²) in [6.07, 6.45) is 9.19. The number of nitrogens with one attached hydrogen (secondary N) is 1. The first-order chi connectivity index (χ1) is 11.7. The largest absolute Gasteiger partial charge is 0.355 e. The molecule has 1 N–H and O–H groups in total. The van der Waals surface area contributed by atoms with Gasteiger partial charge in [-0.25, -0.2) is 0 Å². The summed E-state index contributed by atoms with van der Waals surface area (Å²) in [5, 5.41) is 3.14. The van der Waals surface area contributed by atoms with Crippen LogP contribution >= 0.6 is 0 Å². The Bertz CT molecular complexity index is 590. The van der Waals surface area contributed by atoms with E-state index in [1.165, 1.54) is 24.8 Å². The van der Waals surface area contributed by atoms with Crippen LogP contribution in [0.3, 0.4) is 0 Å². The van der Waals surface area contributed by atoms with E-state index < -0.39 is 0 Å². The van der Waals surface area contributed by atoms with Crippen molar-refractivity contribution < 1.29 is 4.79 Å². The Kier molecular flexibility index (Phi) is 6.02. The highest BCUT2D eigenvalue weighted by Crippen LogP contribution is 2.23. The Hall–Kier alpha value is -1.68. The Labute approximate surface area is 145 Å². The highest BCUT2D eigenvalue weighted by Gasteiger charge is 2.21. The number of hydrogen-bond acceptors (Lipinski definition) is 3. The molecule has 0 spiro atoms. The highest BCUT2D eigenvalue weighted by molar-refractivity contribution is 5.78. The zero-order chi connectivity index (χ0) is 16.8. The molecule has 0 saturated heterocycles. The lowest BCUT2D eigenvalue weighted by molar-refractivity contribution is -0.125. The molecule has 0 aromatic carbocycles. The minimum Gasteiger partial charge on any atom is -0.355 e. The summed E-state index contributed by atoms with van der Waals surface area (Å²) in [6, 6.07) is 6.21. The van der Waals surface area contributed by atoms with Crippen LogP contribution in [0.15, 0.2) is 24.3 Å². The number of rotatable bonds is 5. The Morgan fingerprint density at radius 3 is 2.83 bits per heavy atom. The van der Waals surface area contributed by atoms with Crippen LogP contribution in [0.4, 0.5) is 0 Å². The summed E-state index contributed by atoms with van der Waals surface area (Å²) in [6.45, 7) is 5.73. The third-order valence-corrected chi connectivity index (χ3v) is 5.21. The van der Waals surface area contributed by atoms with Gasteiger partial charge >= 0.3 is 0 Å². The van der Waals surface area contributed by atoms with Gasteiger partial charge in [0.25, 0.3) is 0 Å². The van der Waals surface area contributed by atoms with Crippen molar-refractivity contribution in [2.45, 2.75) is 45.4 Å². The second kappa shape index (κ2) is 8.43. The average molecular weight is 327 g/mol. The number of nitrogens with zero attached hydrogens (tertiary/aromatic N) is 2. The Morgan fingerprint density at radius 1 is 1.29 bits per heavy atom. The second-order valence-corrected chi connectivity index (χ2v) is 7.07. The molecule has 24 heavy (non-hydrogen) atoms. The average Bonchev–Trinajstić information content (AvgIpc) is 2.63. The van der Waals surface area contributed by atoms with E-state index in [1.807, 2.05) is 13.0 Å². The Morgan fingerprint density at radius 2 is 2.12 bits per heavy atom. The van der Waals surface area contributed by atoms with Gasteiger partial charge in [-0.1, -0.05) is 31.4 Å². The van der Waals surface area contributed by atoms with Crippen molar-refractivity contribution >= 4 is 11.5 Å². The van der Waals surface area contributed by atoms with Gasteiger partial charge in [0, 0.05) is 37.8 Å². The van der Waals surface area contributed by atoms with Crippen molar-refractivity contribution in [3.05, 3.63) is 35.7 Å². The van der Waals surface area contributed by atoms with E-state index in [2.05, 4.69) is 33.4 Å². The van der Waals surface area contributed by atoms with E-state index >= 15 is 0 Å². The number of carbonyl (C=O) groups excluding carboxylic acids is 1. The molecule has 1 saturated carbocycles. The maximum atomic E-state index is 12.2. The van der Waals surface area contributed by atoms with Gasteiger partial charge in [0.05, 0.1) is 5.69 Å². The van der Waals surface area contributed by atoms with Crippen molar-refractivity contribution in [3.63, 3.8) is 0 Å². The van der Waals surface area contributed by atoms with Gasteiger partial charge in [-0.2, -0.15) is 0 Å². The highest BCUT2D eigenvalue weighted by atomic mass is 16.1. The molecule has 0 atom stereocenters. The van der Waals surface area contributed by atoms with Gasteiger partial charge in [-0.05, 0) is 43.9 Å². The lowest BCUT2D eigenvalue weighted by atomic mass is 9.89. The molecule has 1 aromatic rings. The fraction of sp³-hybridized carbons (Fsp3) is 0.600. The molecule has 130 valence electrons. The molecule has 0 bridgehead atoms. The van der Waals surface area contributed by atoms with Crippen LogP contribution in [0.2, 0.25) is 0 Å². The molecule has 0 radical (unpaired) electrons. The molecule has 4 heteroatoms. The predicted molar refractivity (Wildman–Crippen MR) is 97.6 cm³/mol. The topological polar surface area (TPSA) is 45.2 Å². The van der Waals surface area contributed by atoms with E-state index in [0.29, 0.717) is 0 Å². The third-order valence-electron chi connectivity index (χ3n) is 5.21. The van der Waals surface area contributed by atoms with Crippen LogP contribution in [-0.2, 0) is 4.79 Å². The smallest absolute Gasteiger partial charge is 0.223 e. The van der Waals surface area contributed by atoms with Crippen LogP contribution in [0.5, 0.6) is 0 Å². The summed E-state index contributed by atoms with van der Waals surface area (Å²) in [4.78, 5) is 19.2. The predicted octanol–water partition coefficient (Wildman–Crippen LogP) is 3.18. The van der Waals surface area contributed by atoms with E-state index in [4.69, 9.17) is 0 Å². The maximum Gasteiger partial charge on any atom is 0.223 e. The summed E-state index contributed by atoms with van der Waals surface area (Å²) in [5.74, 6) is 0.533. The van der Waals surface area contributed by atoms with Crippen LogP contribution in [0.25, 0.3) is 5.57 Å². The molecule has 1 aliphatic heterocycles. The number of hydrogen-bond donors (Lipinski definition) is 1. The molecular formula is C20H29N3O. The molecule has 2 aliphatic rings. The first-order valence-corrected chi connectivity index (χ1v) is 9.35. The molecule has 0 unspecified atom stereocenters. The lowest BCUT2D eigenvalue weighted by Crippen LogP contribution is -2.39. The standard InChI is InChI=1S/C20H29N3O/c1-16-6-5-9-19(22-16)17-10-13-23(14-11-17)15-12-21-20(24)18-7-3-2-4-8-18/h5-6,9-10,18H,2-4,7-8,11-15H2,1H3,(H,21,24). The normalized spacial score (nSPS) is 19.8. The molecule has 1 aromatic heterocycles. The van der Waals surface area contributed by atoms with Crippen molar-refractivity contribution in [2.75, 3.05) is 26.2 Å². The van der Waals surface area contributed by atoms with Crippen molar-refractivity contribution in [3.8, 4) is 0 Å². The zero-order valence-electron chi connectivity index (χ0n) is 14.8. The van der Waals surface area contributed by atoms with Gasteiger partial charge in [0.15, 0.2) is 0 Å². The molecule has 1 amide bonds. The number of amides is 1. The first kappa shape index (κ1) is 17.2. The van der Waals surface area contributed by atoms with Crippen molar-refractivity contribution in [1.29, 1.82) is 0 Å². The number of aromatic nitrogens is 1. The van der Waals surface area contributed by atoms with Gasteiger partial charge < -0.3 is 5.32 Å². The number of pyridine rings is 1. The summed E-state index contributed by atoms with van der Waals surface area (Å²) in [5.41, 5.74) is 3.53. The summed E-state index contributed by atoms with van der Waals surface area (Å²) >= 11 is 0. The minimum absolute atomic E-state index is 0.263. The minimum atomic E-state index is 0.263. The molecule has 4 nitrogen and oxygen atoms in total. The van der Waals surface area contributed by atoms with Crippen LogP contribution in [0.1, 0.15) is 49.9 Å². The molecule has 2 heterocycles. The fourth-order valence-electron chi connectivity index (χ4n) is 3.72. The summed E-state index contributed by atoms with van der Waals surface area (Å²) < 4.78 is 0.